The van der Waals surface area contributed by atoms with E-state index in [4.69, 9.17) is 4.84 Å². The van der Waals surface area contributed by atoms with Crippen LogP contribution in [0.15, 0.2) is 53.5 Å². The van der Waals surface area contributed by atoms with Gasteiger partial charge in [0.05, 0.1) is 5.52 Å². The molecule has 1 aliphatic heterocycles. The molecule has 2 N–H and O–H groups in total. The molecule has 0 aliphatic carbocycles. The molecule has 0 spiro atoms. The summed E-state index contributed by atoms with van der Waals surface area (Å²) in [4.78, 5) is 8.98. The summed E-state index contributed by atoms with van der Waals surface area (Å²) in [6.07, 6.45) is 1.45. The Morgan fingerprint density at radius 3 is 2.88 bits per heavy atom. The number of rotatable bonds is 1. The van der Waals surface area contributed by atoms with Crippen LogP contribution in [0.3, 0.4) is 0 Å². The van der Waals surface area contributed by atoms with Crippen molar-refractivity contribution in [3.05, 3.63) is 54.0 Å². The molecule has 17 heavy (non-hydrogen) atoms. The van der Waals surface area contributed by atoms with Gasteiger partial charge in [0.15, 0.2) is 17.6 Å². The third-order valence-corrected chi connectivity index (χ3v) is 2.25. The molecule has 0 amide bonds. The van der Waals surface area contributed by atoms with Gasteiger partial charge in [-0.15, -0.1) is 10.2 Å². The lowest BCUT2D eigenvalue weighted by Gasteiger charge is -1.90. The first-order valence-electron chi connectivity index (χ1n) is 5.06. The van der Waals surface area contributed by atoms with Crippen molar-refractivity contribution >= 4 is 10.9 Å². The van der Waals surface area contributed by atoms with Crippen LogP contribution in [0, 0.1) is 0 Å². The van der Waals surface area contributed by atoms with Gasteiger partial charge in [-0.25, -0.2) is 4.99 Å². The maximum Gasteiger partial charge on any atom is 0.182 e. The Balaban J connectivity index is 2.13. The number of nitrogens with one attached hydrogen (secondary N) is 2. The summed E-state index contributed by atoms with van der Waals surface area (Å²) in [5.41, 5.74) is 6.50. The van der Waals surface area contributed by atoms with E-state index in [0.717, 1.165) is 10.9 Å². The van der Waals surface area contributed by atoms with Gasteiger partial charge in [0.2, 0.25) is 0 Å². The Kier molecular flexibility index (Phi) is 2.40. The first kappa shape index (κ1) is 9.73. The van der Waals surface area contributed by atoms with Crippen LogP contribution in [0.1, 0.15) is 0 Å². The van der Waals surface area contributed by atoms with Crippen LogP contribution in [0.4, 0.5) is 0 Å². The zero-order valence-corrected chi connectivity index (χ0v) is 8.79. The average molecular weight is 227 g/mol. The third kappa shape index (κ3) is 2.06. The van der Waals surface area contributed by atoms with Gasteiger partial charge >= 0.3 is 0 Å². The molecule has 0 saturated carbocycles. The second kappa shape index (κ2) is 4.18. The van der Waals surface area contributed by atoms with E-state index >= 15 is 0 Å². The second-order valence-corrected chi connectivity index (χ2v) is 3.41. The molecule has 0 radical (unpaired) electrons. The highest BCUT2D eigenvalue weighted by atomic mass is 16.7. The van der Waals surface area contributed by atoms with Crippen LogP contribution in [0.2, 0.25) is 0 Å². The summed E-state index contributed by atoms with van der Waals surface area (Å²) in [5, 5.41) is 9.20. The van der Waals surface area contributed by atoms with Crippen LogP contribution >= 0.6 is 0 Å². The Hall–Kier alpha value is -2.47. The fourth-order valence-electron chi connectivity index (χ4n) is 1.46. The highest BCUT2D eigenvalue weighted by Gasteiger charge is 2.00. The quantitative estimate of drug-likeness (QED) is 0.736. The summed E-state index contributed by atoms with van der Waals surface area (Å²) >= 11 is 0. The zero-order chi connectivity index (χ0) is 11.5. The van der Waals surface area contributed by atoms with Crippen LogP contribution in [0.5, 0.6) is 0 Å². The lowest BCUT2D eigenvalue weighted by Crippen LogP contribution is -2.23. The molecule has 0 saturated heterocycles. The standard InChI is InChI=1S/C11H9N5O/c1-2-4-9-8(3-1)5-6-10(14-13-9)12-11-7-17-16-15-11/h1-7,15-16H. The van der Waals surface area contributed by atoms with Crippen molar-refractivity contribution in [2.24, 2.45) is 4.99 Å². The highest BCUT2D eigenvalue weighted by Crippen LogP contribution is 2.05. The van der Waals surface area contributed by atoms with Gasteiger partial charge in [0, 0.05) is 5.39 Å². The summed E-state index contributed by atoms with van der Waals surface area (Å²) in [6, 6.07) is 11.5. The van der Waals surface area contributed by atoms with Crippen molar-refractivity contribution in [1.82, 2.24) is 21.2 Å². The average Bonchev–Trinajstić information content (AvgIpc) is 2.78. The molecule has 1 aromatic heterocycles. The molecule has 1 aliphatic rings. The molecule has 84 valence electrons. The molecule has 2 aromatic rings. The van der Waals surface area contributed by atoms with Crippen LogP contribution in [-0.4, -0.2) is 10.2 Å². The normalized spacial score (nSPS) is 15.3. The van der Waals surface area contributed by atoms with Crippen LogP contribution < -0.4 is 16.5 Å². The Labute approximate surface area is 96.6 Å². The molecule has 0 atom stereocenters. The minimum atomic E-state index is 0.507. The van der Waals surface area contributed by atoms with Gasteiger partial charge in [0.1, 0.15) is 0 Å². The van der Waals surface area contributed by atoms with Gasteiger partial charge in [-0.2, -0.15) is 0 Å². The van der Waals surface area contributed by atoms with E-state index in [1.807, 2.05) is 30.3 Å². The predicted octanol–water partition coefficient (Wildman–Crippen LogP) is 0.369. The molecule has 1 aromatic carbocycles. The number of nitrogens with zero attached hydrogens (tertiary/aromatic N) is 3. The van der Waals surface area contributed by atoms with Crippen molar-refractivity contribution in [2.45, 2.75) is 0 Å². The number of hydrogen-bond acceptors (Lipinski definition) is 6. The molecule has 0 bridgehead atoms. The summed E-state index contributed by atoms with van der Waals surface area (Å²) in [5.74, 6) is 0.551. The third-order valence-electron chi connectivity index (χ3n) is 2.25. The van der Waals surface area contributed by atoms with E-state index in [0.29, 0.717) is 11.3 Å². The Morgan fingerprint density at radius 1 is 1.06 bits per heavy atom. The molecule has 0 unspecified atom stereocenters. The summed E-state index contributed by atoms with van der Waals surface area (Å²) in [7, 11) is 0. The van der Waals surface area contributed by atoms with E-state index in [-0.39, 0.29) is 0 Å². The maximum atomic E-state index is 4.77. The molecular formula is C11H9N5O. The van der Waals surface area contributed by atoms with E-state index in [9.17, 15) is 0 Å². The van der Waals surface area contributed by atoms with Crippen molar-refractivity contribution < 1.29 is 4.84 Å². The predicted molar refractivity (Wildman–Crippen MR) is 60.5 cm³/mol. The molecule has 2 heterocycles. The monoisotopic (exact) mass is 227 g/mol. The summed E-state index contributed by atoms with van der Waals surface area (Å²) in [6.45, 7) is 0. The number of hydrogen-bond donors (Lipinski definition) is 2. The first-order valence-corrected chi connectivity index (χ1v) is 5.06. The fourth-order valence-corrected chi connectivity index (χ4v) is 1.46. The van der Waals surface area contributed by atoms with Gasteiger partial charge in [0.25, 0.3) is 0 Å². The lowest BCUT2D eigenvalue weighted by molar-refractivity contribution is 0.137. The van der Waals surface area contributed by atoms with E-state index in [1.165, 1.54) is 6.26 Å². The number of benzene rings is 1. The second-order valence-electron chi connectivity index (χ2n) is 3.41. The largest absolute Gasteiger partial charge is 0.393 e. The van der Waals surface area contributed by atoms with Gasteiger partial charge in [-0.1, -0.05) is 23.8 Å². The molecule has 0 fully saturated rings. The van der Waals surface area contributed by atoms with Crippen LogP contribution in [0.25, 0.3) is 10.9 Å². The maximum absolute atomic E-state index is 4.77. The minimum absolute atomic E-state index is 0.507. The number of hydrazine groups is 1. The lowest BCUT2D eigenvalue weighted by atomic mass is 10.2. The fraction of sp³-hybridized carbons (Fsp3) is 0. The molecule has 6 nitrogen and oxygen atoms in total. The summed E-state index contributed by atoms with van der Waals surface area (Å²) < 4.78 is 0. The molecule has 3 rings (SSSR count). The van der Waals surface area contributed by atoms with Crippen LogP contribution in [-0.2, 0) is 4.84 Å². The van der Waals surface area contributed by atoms with Crippen molar-refractivity contribution in [3.8, 4) is 0 Å². The topological polar surface area (TPSA) is 71.4 Å². The van der Waals surface area contributed by atoms with E-state index < -0.39 is 0 Å². The minimum Gasteiger partial charge on any atom is -0.393 e. The van der Waals surface area contributed by atoms with Crippen molar-refractivity contribution in [1.29, 1.82) is 0 Å². The Bertz CT molecular complexity index is 611. The van der Waals surface area contributed by atoms with Crippen molar-refractivity contribution in [3.63, 3.8) is 0 Å². The van der Waals surface area contributed by atoms with Gasteiger partial charge < -0.3 is 4.84 Å². The van der Waals surface area contributed by atoms with Gasteiger partial charge in [-0.3, -0.25) is 5.43 Å². The van der Waals surface area contributed by atoms with E-state index in [2.05, 4.69) is 26.2 Å². The highest BCUT2D eigenvalue weighted by molar-refractivity contribution is 5.76. The first-order chi connectivity index (χ1) is 8.42. The smallest absolute Gasteiger partial charge is 0.182 e. The Morgan fingerprint density at radius 2 is 2.00 bits per heavy atom. The number of aromatic nitrogens is 2. The van der Waals surface area contributed by atoms with E-state index in [1.54, 1.807) is 6.07 Å². The SMILES string of the molecule is C1=C(N=c2ccc3ccccc3nn2)NNO1. The number of fused-ring (bicyclic) bond motifs is 1. The molecule has 6 heteroatoms. The molecular weight excluding hydrogens is 218 g/mol. The van der Waals surface area contributed by atoms with Crippen molar-refractivity contribution in [2.75, 3.05) is 0 Å². The zero-order valence-electron chi connectivity index (χ0n) is 8.79. The van der Waals surface area contributed by atoms with Gasteiger partial charge in [-0.05, 0) is 18.2 Å².